The lowest BCUT2D eigenvalue weighted by atomic mass is 10.2. The number of carbonyl (C=O) groups excluding carboxylic acids is 2. The number of benzene rings is 3. The highest BCUT2D eigenvalue weighted by Crippen LogP contribution is 2.30. The fourth-order valence-electron chi connectivity index (χ4n) is 3.59. The maximum Gasteiger partial charge on any atom is 0.435 e. The van der Waals surface area contributed by atoms with E-state index in [-0.39, 0.29) is 12.2 Å². The second-order valence-corrected chi connectivity index (χ2v) is 9.72. The number of para-hydroxylation sites is 1. The summed E-state index contributed by atoms with van der Waals surface area (Å²) in [5, 5.41) is 7.01. The van der Waals surface area contributed by atoms with E-state index < -0.39 is 35.2 Å². The molecule has 8 nitrogen and oxygen atoms in total. The first-order valence-electron chi connectivity index (χ1n) is 12.3. The van der Waals surface area contributed by atoms with Crippen molar-refractivity contribution < 1.29 is 32.2 Å². The summed E-state index contributed by atoms with van der Waals surface area (Å²) in [6.07, 6.45) is -5.86. The third-order valence-corrected chi connectivity index (χ3v) is 5.29. The van der Waals surface area contributed by atoms with Crippen molar-refractivity contribution in [1.29, 1.82) is 0 Å². The van der Waals surface area contributed by atoms with Gasteiger partial charge in [0.15, 0.2) is 11.4 Å². The van der Waals surface area contributed by atoms with Gasteiger partial charge in [-0.25, -0.2) is 4.79 Å². The van der Waals surface area contributed by atoms with E-state index in [0.717, 1.165) is 5.01 Å². The first-order chi connectivity index (χ1) is 18.9. The molecular weight excluding hydrogens is 525 g/mol. The number of amides is 2. The zero-order valence-electron chi connectivity index (χ0n) is 22.0. The summed E-state index contributed by atoms with van der Waals surface area (Å²) in [7, 11) is 0. The van der Waals surface area contributed by atoms with Gasteiger partial charge < -0.3 is 14.8 Å². The van der Waals surface area contributed by atoms with E-state index in [0.29, 0.717) is 27.9 Å². The van der Waals surface area contributed by atoms with Gasteiger partial charge in [0.05, 0.1) is 6.54 Å². The molecular formula is C29H27F3N4O4. The highest BCUT2D eigenvalue weighted by molar-refractivity contribution is 6.03. The summed E-state index contributed by atoms with van der Waals surface area (Å²) in [5.41, 5.74) is -2.00. The van der Waals surface area contributed by atoms with Gasteiger partial charge in [0, 0.05) is 17.8 Å². The van der Waals surface area contributed by atoms with Gasteiger partial charge in [0.25, 0.3) is 5.91 Å². The van der Waals surface area contributed by atoms with Crippen molar-refractivity contribution in [2.45, 2.75) is 39.1 Å². The Kier molecular flexibility index (Phi) is 8.13. The van der Waals surface area contributed by atoms with E-state index >= 15 is 0 Å². The molecule has 3 aromatic carbocycles. The van der Waals surface area contributed by atoms with Gasteiger partial charge in [0.1, 0.15) is 17.1 Å². The molecule has 0 bridgehead atoms. The molecule has 40 heavy (non-hydrogen) atoms. The quantitative estimate of drug-likeness (QED) is 0.266. The monoisotopic (exact) mass is 552 g/mol. The summed E-state index contributed by atoms with van der Waals surface area (Å²) in [5.74, 6) is 0.0298. The van der Waals surface area contributed by atoms with Crippen molar-refractivity contribution >= 4 is 17.7 Å². The van der Waals surface area contributed by atoms with Crippen LogP contribution in [0.3, 0.4) is 0 Å². The molecule has 0 unspecified atom stereocenters. The molecule has 0 radical (unpaired) electrons. The molecule has 0 aliphatic carbocycles. The maximum absolute atomic E-state index is 13.7. The average molecular weight is 553 g/mol. The molecule has 0 spiro atoms. The SMILES string of the molecule is CC(C)(C)OC(=O)N(Cc1ccccc1)n1nc(C(F)(F)F)cc1C(=O)Nc1cccc(Oc2ccccc2)c1. The minimum atomic E-state index is -4.88. The summed E-state index contributed by atoms with van der Waals surface area (Å²) >= 11 is 0. The van der Waals surface area contributed by atoms with Gasteiger partial charge >= 0.3 is 12.3 Å². The van der Waals surface area contributed by atoms with E-state index in [2.05, 4.69) is 10.4 Å². The van der Waals surface area contributed by atoms with E-state index in [9.17, 15) is 22.8 Å². The zero-order valence-corrected chi connectivity index (χ0v) is 22.0. The first kappa shape index (κ1) is 28.2. The van der Waals surface area contributed by atoms with Crippen molar-refractivity contribution in [3.8, 4) is 11.5 Å². The molecule has 0 aliphatic rings. The Hall–Kier alpha value is -4.80. The van der Waals surface area contributed by atoms with Crippen LogP contribution in [0.25, 0.3) is 0 Å². The third-order valence-electron chi connectivity index (χ3n) is 5.29. The fourth-order valence-corrected chi connectivity index (χ4v) is 3.59. The van der Waals surface area contributed by atoms with Gasteiger partial charge in [-0.1, -0.05) is 54.6 Å². The predicted octanol–water partition coefficient (Wildman–Crippen LogP) is 7.02. The minimum absolute atomic E-state index is 0.213. The van der Waals surface area contributed by atoms with Crippen molar-refractivity contribution in [2.75, 3.05) is 10.3 Å². The van der Waals surface area contributed by atoms with Crippen molar-refractivity contribution in [1.82, 2.24) is 9.89 Å². The number of ether oxygens (including phenoxy) is 2. The third kappa shape index (κ3) is 7.40. The normalized spacial score (nSPS) is 11.6. The standard InChI is InChI=1S/C29H27F3N4O4/c1-28(2,3)40-27(38)35(19-20-11-6-4-7-12-20)36-24(18-25(34-36)29(30,31)32)26(37)33-21-13-10-16-23(17-21)39-22-14-8-5-9-15-22/h4-18H,19H2,1-3H3,(H,33,37). The number of carbonyl (C=O) groups is 2. The highest BCUT2D eigenvalue weighted by Gasteiger charge is 2.38. The van der Waals surface area contributed by atoms with E-state index in [1.54, 1.807) is 93.6 Å². The van der Waals surface area contributed by atoms with Crippen molar-refractivity contribution in [2.24, 2.45) is 0 Å². The van der Waals surface area contributed by atoms with Gasteiger partial charge in [0.2, 0.25) is 0 Å². The molecule has 1 N–H and O–H groups in total. The number of halogens is 3. The Balaban J connectivity index is 1.69. The summed E-state index contributed by atoms with van der Waals surface area (Å²) in [6, 6.07) is 24.4. The second-order valence-electron chi connectivity index (χ2n) is 9.72. The van der Waals surface area contributed by atoms with Crippen LogP contribution in [-0.4, -0.2) is 27.5 Å². The van der Waals surface area contributed by atoms with E-state index in [1.807, 2.05) is 6.07 Å². The molecule has 0 aliphatic heterocycles. The molecule has 1 heterocycles. The molecule has 0 atom stereocenters. The van der Waals surface area contributed by atoms with Gasteiger partial charge in [-0.2, -0.15) is 23.0 Å². The number of hydrogen-bond acceptors (Lipinski definition) is 5. The molecule has 11 heteroatoms. The maximum atomic E-state index is 13.7. The van der Waals surface area contributed by atoms with Gasteiger partial charge in [-0.3, -0.25) is 4.79 Å². The molecule has 2 amide bonds. The summed E-state index contributed by atoms with van der Waals surface area (Å²) in [4.78, 5) is 27.2. The number of aromatic nitrogens is 2. The number of rotatable bonds is 7. The molecule has 4 rings (SSSR count). The Morgan fingerprint density at radius 1 is 0.875 bits per heavy atom. The van der Waals surface area contributed by atoms with Crippen LogP contribution in [0.5, 0.6) is 11.5 Å². The van der Waals surface area contributed by atoms with Gasteiger partial charge in [-0.15, -0.1) is 5.10 Å². The smallest absolute Gasteiger partial charge is 0.435 e. The van der Waals surface area contributed by atoms with Gasteiger partial charge in [-0.05, 0) is 50.6 Å². The Morgan fingerprint density at radius 3 is 2.12 bits per heavy atom. The Bertz CT molecular complexity index is 1470. The number of nitrogens with one attached hydrogen (secondary N) is 1. The lowest BCUT2D eigenvalue weighted by Crippen LogP contribution is -2.45. The first-order valence-corrected chi connectivity index (χ1v) is 12.3. The van der Waals surface area contributed by atoms with Crippen LogP contribution in [0.15, 0.2) is 91.0 Å². The number of anilines is 1. The lowest BCUT2D eigenvalue weighted by molar-refractivity contribution is -0.141. The minimum Gasteiger partial charge on any atom is -0.457 e. The van der Waals surface area contributed by atoms with Crippen LogP contribution >= 0.6 is 0 Å². The van der Waals surface area contributed by atoms with Crippen LogP contribution in [0, 0.1) is 0 Å². The van der Waals surface area contributed by atoms with E-state index in [1.165, 1.54) is 6.07 Å². The van der Waals surface area contributed by atoms with Crippen LogP contribution in [-0.2, 0) is 17.5 Å². The molecule has 4 aromatic rings. The van der Waals surface area contributed by atoms with Crippen LogP contribution in [0.4, 0.5) is 23.7 Å². The fraction of sp³-hybridized carbons (Fsp3) is 0.207. The van der Waals surface area contributed by atoms with Crippen LogP contribution < -0.4 is 15.1 Å². The summed E-state index contributed by atoms with van der Waals surface area (Å²) < 4.78 is 52.4. The average Bonchev–Trinajstić information content (AvgIpc) is 3.34. The molecule has 1 aromatic heterocycles. The summed E-state index contributed by atoms with van der Waals surface area (Å²) in [6.45, 7) is 4.64. The molecule has 0 saturated heterocycles. The lowest BCUT2D eigenvalue weighted by Gasteiger charge is -2.28. The second kappa shape index (κ2) is 11.5. The van der Waals surface area contributed by atoms with Crippen molar-refractivity contribution in [3.63, 3.8) is 0 Å². The highest BCUT2D eigenvalue weighted by atomic mass is 19.4. The molecule has 0 fully saturated rings. The number of nitrogens with zero attached hydrogens (tertiary/aromatic N) is 3. The van der Waals surface area contributed by atoms with Crippen molar-refractivity contribution in [3.05, 3.63) is 108 Å². The number of hydrogen-bond donors (Lipinski definition) is 1. The topological polar surface area (TPSA) is 85.7 Å². The largest absolute Gasteiger partial charge is 0.457 e. The number of alkyl halides is 3. The van der Waals surface area contributed by atoms with E-state index in [4.69, 9.17) is 9.47 Å². The Morgan fingerprint density at radius 2 is 1.50 bits per heavy atom. The van der Waals surface area contributed by atoms with Crippen LogP contribution in [0.1, 0.15) is 42.5 Å². The van der Waals surface area contributed by atoms with Crippen LogP contribution in [0.2, 0.25) is 0 Å². The zero-order chi connectivity index (χ0) is 28.9. The molecule has 208 valence electrons. The molecule has 0 saturated carbocycles. The predicted molar refractivity (Wildman–Crippen MR) is 143 cm³/mol. The Labute approximate surface area is 228 Å².